The van der Waals surface area contributed by atoms with E-state index in [-0.39, 0.29) is 12.3 Å². The van der Waals surface area contributed by atoms with Gasteiger partial charge in [0.05, 0.1) is 0 Å². The number of nitrogens with one attached hydrogen (secondary N) is 1. The van der Waals surface area contributed by atoms with E-state index in [1.54, 1.807) is 0 Å². The van der Waals surface area contributed by atoms with E-state index in [2.05, 4.69) is 5.32 Å². The van der Waals surface area contributed by atoms with E-state index in [1.807, 2.05) is 0 Å². The number of hydrogen-bond acceptors (Lipinski definition) is 2. The van der Waals surface area contributed by atoms with Crippen LogP contribution in [-0.2, 0) is 4.79 Å². The summed E-state index contributed by atoms with van der Waals surface area (Å²) in [5, 5.41) is 3.10. The average molecular weight is 209 g/mol. The Morgan fingerprint density at radius 3 is 2.64 bits per heavy atom. The molecule has 1 rings (SSSR count). The average Bonchev–Trinajstić information content (AvgIpc) is 2.31. The van der Waals surface area contributed by atoms with Gasteiger partial charge in [-0.15, -0.1) is 0 Å². The van der Waals surface area contributed by atoms with E-state index in [9.17, 15) is 18.0 Å². The largest absolute Gasteiger partial charge is 0.449 e. The minimum absolute atomic E-state index is 0.0980. The molecule has 2 nitrogen and oxygen atoms in total. The first-order valence-corrected chi connectivity index (χ1v) is 4.81. The molecular weight excluding hydrogens is 195 g/mol. The number of hydrogen-bond donors (Lipinski definition) is 1. The molecule has 0 radical (unpaired) electrons. The maximum atomic E-state index is 11.9. The summed E-state index contributed by atoms with van der Waals surface area (Å²) in [7, 11) is 0. The van der Waals surface area contributed by atoms with Crippen LogP contribution in [0, 0.1) is 5.92 Å². The fourth-order valence-electron chi connectivity index (χ4n) is 1.67. The van der Waals surface area contributed by atoms with Crippen LogP contribution in [0.2, 0.25) is 0 Å². The van der Waals surface area contributed by atoms with Gasteiger partial charge in [0.2, 0.25) is 5.78 Å². The summed E-state index contributed by atoms with van der Waals surface area (Å²) in [6.07, 6.45) is -2.75. The quantitative estimate of drug-likeness (QED) is 0.752. The zero-order chi connectivity index (χ0) is 10.6. The summed E-state index contributed by atoms with van der Waals surface area (Å²) in [5.41, 5.74) is 0. The lowest BCUT2D eigenvalue weighted by Gasteiger charge is -2.13. The molecular formula is C9H14F3NO. The van der Waals surface area contributed by atoms with Gasteiger partial charge in [-0.1, -0.05) is 0 Å². The number of carbonyl (C=O) groups is 1. The van der Waals surface area contributed by atoms with Gasteiger partial charge in [-0.3, -0.25) is 4.79 Å². The Labute approximate surface area is 80.9 Å². The second kappa shape index (κ2) is 4.77. The highest BCUT2D eigenvalue weighted by Gasteiger charge is 2.38. The Kier molecular flexibility index (Phi) is 3.92. The van der Waals surface area contributed by atoms with Gasteiger partial charge in [-0.2, -0.15) is 13.2 Å². The van der Waals surface area contributed by atoms with Gasteiger partial charge in [0.1, 0.15) is 0 Å². The monoisotopic (exact) mass is 209 g/mol. The Balaban J connectivity index is 2.38. The first-order chi connectivity index (χ1) is 6.50. The molecule has 0 aromatic rings. The Morgan fingerprint density at radius 1 is 1.29 bits per heavy atom. The minimum Gasteiger partial charge on any atom is -0.317 e. The highest BCUT2D eigenvalue weighted by molar-refractivity contribution is 5.84. The van der Waals surface area contributed by atoms with Crippen LogP contribution in [0.15, 0.2) is 0 Å². The van der Waals surface area contributed by atoms with Crippen molar-refractivity contribution in [3.63, 3.8) is 0 Å². The van der Waals surface area contributed by atoms with Crippen molar-refractivity contribution < 1.29 is 18.0 Å². The molecule has 0 aromatic carbocycles. The molecule has 0 unspecified atom stereocenters. The van der Waals surface area contributed by atoms with Crippen LogP contribution in [-0.4, -0.2) is 25.0 Å². The van der Waals surface area contributed by atoms with Crippen LogP contribution in [0.3, 0.4) is 0 Å². The molecule has 14 heavy (non-hydrogen) atoms. The number of rotatable bonds is 2. The molecule has 0 spiro atoms. The Hall–Kier alpha value is -0.580. The standard InChI is InChI=1S/C9H14F3NO/c10-9(11,12)8(14)6-7-2-1-4-13-5-3-7/h7,13H,1-6H2/t7-/m0/s1. The van der Waals surface area contributed by atoms with Crippen molar-refractivity contribution in [2.24, 2.45) is 5.92 Å². The number of halogens is 3. The maximum absolute atomic E-state index is 11.9. The molecule has 1 heterocycles. The second-order valence-electron chi connectivity index (χ2n) is 3.67. The molecule has 1 aliphatic heterocycles. The molecule has 0 aromatic heterocycles. The predicted octanol–water partition coefficient (Wildman–Crippen LogP) is 1.90. The van der Waals surface area contributed by atoms with Gasteiger partial charge in [0, 0.05) is 6.42 Å². The third kappa shape index (κ3) is 3.65. The SMILES string of the molecule is O=C(C[C@H]1CCCNCC1)C(F)(F)F. The lowest BCUT2D eigenvalue weighted by Crippen LogP contribution is -2.25. The van der Waals surface area contributed by atoms with Gasteiger partial charge in [-0.25, -0.2) is 0 Å². The van der Waals surface area contributed by atoms with Crippen molar-refractivity contribution in [1.82, 2.24) is 5.32 Å². The molecule has 5 heteroatoms. The summed E-state index contributed by atoms with van der Waals surface area (Å²) in [4.78, 5) is 10.7. The Bertz CT molecular complexity index is 195. The fraction of sp³-hybridized carbons (Fsp3) is 0.889. The minimum atomic E-state index is -4.65. The van der Waals surface area contributed by atoms with E-state index >= 15 is 0 Å². The van der Waals surface area contributed by atoms with Gasteiger partial charge in [0.25, 0.3) is 0 Å². The van der Waals surface area contributed by atoms with Crippen LogP contribution in [0.4, 0.5) is 13.2 Å². The zero-order valence-electron chi connectivity index (χ0n) is 7.86. The number of Topliss-reactive ketones (excluding diaryl/α,β-unsaturated/α-hetero) is 1. The topological polar surface area (TPSA) is 29.1 Å². The predicted molar refractivity (Wildman–Crippen MR) is 45.9 cm³/mol. The second-order valence-corrected chi connectivity index (χ2v) is 3.67. The first-order valence-electron chi connectivity index (χ1n) is 4.81. The van der Waals surface area contributed by atoms with E-state index < -0.39 is 12.0 Å². The third-order valence-electron chi connectivity index (χ3n) is 2.49. The molecule has 0 bridgehead atoms. The molecule has 1 atom stereocenters. The third-order valence-corrected chi connectivity index (χ3v) is 2.49. The summed E-state index contributed by atoms with van der Waals surface area (Å²) in [6.45, 7) is 1.56. The van der Waals surface area contributed by atoms with Crippen molar-refractivity contribution in [3.05, 3.63) is 0 Å². The molecule has 1 N–H and O–H groups in total. The number of alkyl halides is 3. The van der Waals surface area contributed by atoms with Crippen molar-refractivity contribution >= 4 is 5.78 Å². The normalized spacial score (nSPS) is 24.4. The van der Waals surface area contributed by atoms with Crippen LogP contribution >= 0.6 is 0 Å². The van der Waals surface area contributed by atoms with Crippen LogP contribution in [0.5, 0.6) is 0 Å². The summed E-state index contributed by atoms with van der Waals surface area (Å²) >= 11 is 0. The number of ketones is 1. The summed E-state index contributed by atoms with van der Waals surface area (Å²) < 4.78 is 35.8. The smallest absolute Gasteiger partial charge is 0.317 e. The summed E-state index contributed by atoms with van der Waals surface area (Å²) in [5.74, 6) is -1.68. The molecule has 0 aliphatic carbocycles. The van der Waals surface area contributed by atoms with Crippen LogP contribution in [0.1, 0.15) is 25.7 Å². The fourth-order valence-corrected chi connectivity index (χ4v) is 1.67. The van der Waals surface area contributed by atoms with Crippen LogP contribution < -0.4 is 5.32 Å². The van der Waals surface area contributed by atoms with E-state index in [1.165, 1.54) is 0 Å². The first kappa shape index (κ1) is 11.5. The molecule has 0 amide bonds. The van der Waals surface area contributed by atoms with Crippen molar-refractivity contribution in [1.29, 1.82) is 0 Å². The maximum Gasteiger partial charge on any atom is 0.449 e. The van der Waals surface area contributed by atoms with Gasteiger partial charge >= 0.3 is 6.18 Å². The van der Waals surface area contributed by atoms with Crippen LogP contribution in [0.25, 0.3) is 0 Å². The highest BCUT2D eigenvalue weighted by Crippen LogP contribution is 2.24. The molecule has 1 fully saturated rings. The van der Waals surface area contributed by atoms with Crippen molar-refractivity contribution in [2.75, 3.05) is 13.1 Å². The highest BCUT2D eigenvalue weighted by atomic mass is 19.4. The van der Waals surface area contributed by atoms with Gasteiger partial charge in [-0.05, 0) is 38.3 Å². The number of carbonyl (C=O) groups excluding carboxylic acids is 1. The molecule has 1 saturated heterocycles. The zero-order valence-corrected chi connectivity index (χ0v) is 7.86. The molecule has 0 saturated carbocycles. The van der Waals surface area contributed by atoms with Gasteiger partial charge in [0.15, 0.2) is 0 Å². The Morgan fingerprint density at radius 2 is 2.00 bits per heavy atom. The van der Waals surface area contributed by atoms with E-state index in [0.29, 0.717) is 6.42 Å². The molecule has 1 aliphatic rings. The lowest BCUT2D eigenvalue weighted by molar-refractivity contribution is -0.172. The summed E-state index contributed by atoms with van der Waals surface area (Å²) in [6, 6.07) is 0. The van der Waals surface area contributed by atoms with Gasteiger partial charge < -0.3 is 5.32 Å². The van der Waals surface area contributed by atoms with Crippen molar-refractivity contribution in [2.45, 2.75) is 31.9 Å². The van der Waals surface area contributed by atoms with Crippen molar-refractivity contribution in [3.8, 4) is 0 Å². The van der Waals surface area contributed by atoms with E-state index in [0.717, 1.165) is 25.9 Å². The van der Waals surface area contributed by atoms with E-state index in [4.69, 9.17) is 0 Å². The lowest BCUT2D eigenvalue weighted by atomic mass is 9.94. The molecule has 82 valence electrons.